The summed E-state index contributed by atoms with van der Waals surface area (Å²) >= 11 is 0. The van der Waals surface area contributed by atoms with E-state index < -0.39 is 0 Å². The first-order valence-corrected chi connectivity index (χ1v) is 6.12. The summed E-state index contributed by atoms with van der Waals surface area (Å²) in [6.07, 6.45) is 1.95. The van der Waals surface area contributed by atoms with E-state index in [9.17, 15) is 0 Å². The molecule has 0 atom stereocenters. The molecule has 92 valence electrons. The molecule has 0 saturated heterocycles. The van der Waals surface area contributed by atoms with Gasteiger partial charge in [0.05, 0.1) is 5.52 Å². The van der Waals surface area contributed by atoms with Crippen molar-refractivity contribution >= 4 is 27.6 Å². The lowest BCUT2D eigenvalue weighted by Gasteiger charge is -2.02. The van der Waals surface area contributed by atoms with E-state index in [1.54, 1.807) is 0 Å². The van der Waals surface area contributed by atoms with Crippen molar-refractivity contribution < 1.29 is 0 Å². The van der Waals surface area contributed by atoms with Gasteiger partial charge in [-0.25, -0.2) is 0 Å². The number of aromatic amines is 2. The molecule has 19 heavy (non-hydrogen) atoms. The fraction of sp³-hybridized carbons (Fsp3) is 0. The van der Waals surface area contributed by atoms with Crippen LogP contribution in [0.4, 0.5) is 5.82 Å². The Bertz CT molecular complexity index is 885. The van der Waals surface area contributed by atoms with Crippen LogP contribution in [0.3, 0.4) is 0 Å². The Balaban J connectivity index is 1.94. The number of nitrogen functional groups attached to an aromatic ring is 1. The lowest BCUT2D eigenvalue weighted by molar-refractivity contribution is 1.13. The molecule has 0 aliphatic rings. The van der Waals surface area contributed by atoms with Gasteiger partial charge in [0.25, 0.3) is 0 Å². The summed E-state index contributed by atoms with van der Waals surface area (Å²) in [5.74, 6) is 0.541. The molecule has 0 saturated carbocycles. The zero-order chi connectivity index (χ0) is 12.8. The van der Waals surface area contributed by atoms with Crippen LogP contribution in [0.15, 0.2) is 48.7 Å². The molecule has 2 heterocycles. The first kappa shape index (κ1) is 10.2. The molecule has 0 spiro atoms. The maximum Gasteiger partial charge on any atom is 0.153 e. The van der Waals surface area contributed by atoms with Crippen LogP contribution in [0.25, 0.3) is 32.9 Å². The number of rotatable bonds is 1. The number of nitrogens with one attached hydrogen (secondary N) is 2. The molecule has 4 N–H and O–H groups in total. The Kier molecular flexibility index (Phi) is 1.94. The molecule has 0 aliphatic carbocycles. The number of hydrogen-bond acceptors (Lipinski definition) is 2. The molecule has 2 aromatic carbocycles. The first-order valence-electron chi connectivity index (χ1n) is 6.12. The van der Waals surface area contributed by atoms with Crippen molar-refractivity contribution in [3.63, 3.8) is 0 Å². The third-order valence-corrected chi connectivity index (χ3v) is 3.48. The highest BCUT2D eigenvalue weighted by atomic mass is 15.1. The summed E-state index contributed by atoms with van der Waals surface area (Å²) in [5.41, 5.74) is 10.3. The van der Waals surface area contributed by atoms with Crippen molar-refractivity contribution in [3.05, 3.63) is 48.7 Å². The van der Waals surface area contributed by atoms with Gasteiger partial charge in [-0.3, -0.25) is 5.10 Å². The van der Waals surface area contributed by atoms with E-state index in [0.29, 0.717) is 5.82 Å². The first-order chi connectivity index (χ1) is 9.31. The summed E-state index contributed by atoms with van der Waals surface area (Å²) in [6.45, 7) is 0. The number of nitrogens with two attached hydrogens (primary N) is 1. The SMILES string of the molecule is Nc1n[nH]c2ccc(-c3ccc4[nH]ccc4c3)cc12. The molecule has 4 heteroatoms. The van der Waals surface area contributed by atoms with Crippen molar-refractivity contribution in [1.82, 2.24) is 15.2 Å². The van der Waals surface area contributed by atoms with Gasteiger partial charge < -0.3 is 10.7 Å². The van der Waals surface area contributed by atoms with Gasteiger partial charge in [0.2, 0.25) is 0 Å². The third kappa shape index (κ3) is 1.50. The van der Waals surface area contributed by atoms with Gasteiger partial charge in [-0.05, 0) is 46.8 Å². The number of benzene rings is 2. The monoisotopic (exact) mass is 248 g/mol. The quantitative estimate of drug-likeness (QED) is 0.483. The molecular weight excluding hydrogens is 236 g/mol. The minimum absolute atomic E-state index is 0.541. The lowest BCUT2D eigenvalue weighted by atomic mass is 10.0. The average molecular weight is 248 g/mol. The second-order valence-corrected chi connectivity index (χ2v) is 4.65. The molecule has 0 unspecified atom stereocenters. The molecule has 0 amide bonds. The van der Waals surface area contributed by atoms with Gasteiger partial charge in [0, 0.05) is 17.1 Å². The summed E-state index contributed by atoms with van der Waals surface area (Å²) < 4.78 is 0. The molecule has 4 rings (SSSR count). The van der Waals surface area contributed by atoms with Crippen LogP contribution >= 0.6 is 0 Å². The van der Waals surface area contributed by atoms with Crippen LogP contribution in [-0.4, -0.2) is 15.2 Å². The minimum Gasteiger partial charge on any atom is -0.382 e. The van der Waals surface area contributed by atoms with Crippen LogP contribution in [0.1, 0.15) is 0 Å². The van der Waals surface area contributed by atoms with Crippen LogP contribution < -0.4 is 5.73 Å². The largest absolute Gasteiger partial charge is 0.382 e. The van der Waals surface area contributed by atoms with E-state index in [1.807, 2.05) is 12.3 Å². The second kappa shape index (κ2) is 3.62. The molecule has 4 aromatic rings. The highest BCUT2D eigenvalue weighted by molar-refractivity contribution is 5.93. The highest BCUT2D eigenvalue weighted by Gasteiger charge is 2.05. The van der Waals surface area contributed by atoms with Crippen LogP contribution in [0, 0.1) is 0 Å². The Labute approximate surface area is 109 Å². The summed E-state index contributed by atoms with van der Waals surface area (Å²) in [5, 5.41) is 9.10. The predicted octanol–water partition coefficient (Wildman–Crippen LogP) is 3.29. The fourth-order valence-electron chi connectivity index (χ4n) is 2.45. The maximum absolute atomic E-state index is 5.85. The number of hydrogen-bond donors (Lipinski definition) is 3. The van der Waals surface area contributed by atoms with Crippen LogP contribution in [-0.2, 0) is 0 Å². The van der Waals surface area contributed by atoms with Crippen molar-refractivity contribution in [2.75, 3.05) is 5.73 Å². The molecule has 0 radical (unpaired) electrons. The van der Waals surface area contributed by atoms with E-state index in [-0.39, 0.29) is 0 Å². The van der Waals surface area contributed by atoms with Gasteiger partial charge >= 0.3 is 0 Å². The Morgan fingerprint density at radius 3 is 2.58 bits per heavy atom. The molecule has 0 bridgehead atoms. The number of aromatic nitrogens is 3. The van der Waals surface area contributed by atoms with Crippen LogP contribution in [0.5, 0.6) is 0 Å². The van der Waals surface area contributed by atoms with E-state index in [0.717, 1.165) is 22.0 Å². The Morgan fingerprint density at radius 2 is 1.68 bits per heavy atom. The zero-order valence-corrected chi connectivity index (χ0v) is 10.1. The second-order valence-electron chi connectivity index (χ2n) is 4.65. The number of fused-ring (bicyclic) bond motifs is 2. The third-order valence-electron chi connectivity index (χ3n) is 3.48. The predicted molar refractivity (Wildman–Crippen MR) is 77.8 cm³/mol. The lowest BCUT2D eigenvalue weighted by Crippen LogP contribution is -1.84. The van der Waals surface area contributed by atoms with Gasteiger partial charge in [0.1, 0.15) is 0 Å². The van der Waals surface area contributed by atoms with Gasteiger partial charge in [-0.15, -0.1) is 0 Å². The van der Waals surface area contributed by atoms with E-state index in [4.69, 9.17) is 5.73 Å². The molecular formula is C15H12N4. The van der Waals surface area contributed by atoms with Gasteiger partial charge in [-0.1, -0.05) is 12.1 Å². The average Bonchev–Trinajstić information content (AvgIpc) is 3.05. The zero-order valence-electron chi connectivity index (χ0n) is 10.1. The van der Waals surface area contributed by atoms with E-state index in [1.165, 1.54) is 10.9 Å². The summed E-state index contributed by atoms with van der Waals surface area (Å²) in [7, 11) is 0. The minimum atomic E-state index is 0.541. The van der Waals surface area contributed by atoms with Crippen molar-refractivity contribution in [2.24, 2.45) is 0 Å². The fourth-order valence-corrected chi connectivity index (χ4v) is 2.45. The summed E-state index contributed by atoms with van der Waals surface area (Å²) in [6, 6.07) is 14.6. The normalized spacial score (nSPS) is 11.4. The van der Waals surface area contributed by atoms with Crippen molar-refractivity contribution in [1.29, 1.82) is 0 Å². The van der Waals surface area contributed by atoms with Crippen molar-refractivity contribution in [2.45, 2.75) is 0 Å². The molecule has 2 aromatic heterocycles. The van der Waals surface area contributed by atoms with E-state index >= 15 is 0 Å². The standard InChI is InChI=1S/C15H12N4/c16-15-12-8-10(2-4-14(12)18-19-15)9-1-3-13-11(7-9)5-6-17-13/h1-8,17H,(H3,16,18,19). The van der Waals surface area contributed by atoms with Crippen molar-refractivity contribution in [3.8, 4) is 11.1 Å². The van der Waals surface area contributed by atoms with Gasteiger partial charge in [0.15, 0.2) is 5.82 Å². The Morgan fingerprint density at radius 1 is 0.895 bits per heavy atom. The highest BCUT2D eigenvalue weighted by Crippen LogP contribution is 2.28. The van der Waals surface area contributed by atoms with E-state index in [2.05, 4.69) is 51.6 Å². The smallest absolute Gasteiger partial charge is 0.153 e. The van der Waals surface area contributed by atoms with Crippen LogP contribution in [0.2, 0.25) is 0 Å². The molecule has 4 nitrogen and oxygen atoms in total. The molecule has 0 fully saturated rings. The molecule has 0 aliphatic heterocycles. The number of anilines is 1. The Hall–Kier alpha value is -2.75. The number of nitrogens with zero attached hydrogens (tertiary/aromatic N) is 1. The topological polar surface area (TPSA) is 70.5 Å². The maximum atomic E-state index is 5.85. The summed E-state index contributed by atoms with van der Waals surface area (Å²) in [4.78, 5) is 3.20. The van der Waals surface area contributed by atoms with Gasteiger partial charge in [-0.2, -0.15) is 5.10 Å². The number of H-pyrrole nitrogens is 2.